The Labute approximate surface area is 102 Å². The lowest BCUT2D eigenvalue weighted by atomic mass is 9.93. The van der Waals surface area contributed by atoms with E-state index in [0.717, 1.165) is 35.5 Å². The minimum absolute atomic E-state index is 0.152. The summed E-state index contributed by atoms with van der Waals surface area (Å²) in [7, 11) is 0. The van der Waals surface area contributed by atoms with Crippen molar-refractivity contribution in [2.45, 2.75) is 19.8 Å². The summed E-state index contributed by atoms with van der Waals surface area (Å²) in [5.41, 5.74) is 1.88. The van der Waals surface area contributed by atoms with Crippen molar-refractivity contribution in [2.24, 2.45) is 17.8 Å². The van der Waals surface area contributed by atoms with Crippen LogP contribution in [0.5, 0.6) is 0 Å². The third-order valence-corrected chi connectivity index (χ3v) is 4.03. The Morgan fingerprint density at radius 3 is 2.76 bits per heavy atom. The van der Waals surface area contributed by atoms with Gasteiger partial charge in [0.25, 0.3) is 0 Å². The third kappa shape index (κ3) is 2.21. The summed E-state index contributed by atoms with van der Waals surface area (Å²) < 4.78 is 13.2. The fourth-order valence-corrected chi connectivity index (χ4v) is 3.22. The number of hydrogen-bond donors (Lipinski definition) is 1. The second-order valence-electron chi connectivity index (χ2n) is 5.44. The van der Waals surface area contributed by atoms with Crippen molar-refractivity contribution in [3.63, 3.8) is 0 Å². The van der Waals surface area contributed by atoms with Gasteiger partial charge in [0.05, 0.1) is 0 Å². The van der Waals surface area contributed by atoms with Crippen molar-refractivity contribution in [3.05, 3.63) is 41.7 Å². The van der Waals surface area contributed by atoms with E-state index in [9.17, 15) is 4.39 Å². The average molecular weight is 231 g/mol. The molecule has 1 N–H and O–H groups in total. The molecule has 1 aromatic carbocycles. The van der Waals surface area contributed by atoms with E-state index in [2.05, 4.69) is 17.5 Å². The van der Waals surface area contributed by atoms with E-state index in [4.69, 9.17) is 0 Å². The molecule has 0 saturated heterocycles. The van der Waals surface area contributed by atoms with Gasteiger partial charge in [0.2, 0.25) is 0 Å². The maximum atomic E-state index is 13.2. The average Bonchev–Trinajstić information content (AvgIpc) is 2.86. The van der Waals surface area contributed by atoms with Gasteiger partial charge in [0.15, 0.2) is 0 Å². The quantitative estimate of drug-likeness (QED) is 0.781. The van der Waals surface area contributed by atoms with Crippen LogP contribution in [0.1, 0.15) is 18.4 Å². The van der Waals surface area contributed by atoms with Gasteiger partial charge in [-0.25, -0.2) is 4.39 Å². The molecule has 1 fully saturated rings. The molecule has 1 nitrogen and oxygen atoms in total. The van der Waals surface area contributed by atoms with Crippen LogP contribution in [0.15, 0.2) is 30.4 Å². The van der Waals surface area contributed by atoms with E-state index in [1.54, 1.807) is 12.1 Å². The zero-order valence-corrected chi connectivity index (χ0v) is 10.1. The molecule has 90 valence electrons. The SMILES string of the molecule is Cc1cc(F)cc(NCC2CC3C=CC2C3)c1. The lowest BCUT2D eigenvalue weighted by Crippen LogP contribution is -2.18. The first-order valence-corrected chi connectivity index (χ1v) is 6.40. The monoisotopic (exact) mass is 231 g/mol. The highest BCUT2D eigenvalue weighted by atomic mass is 19.1. The molecular formula is C15H18FN. The van der Waals surface area contributed by atoms with E-state index < -0.39 is 0 Å². The number of rotatable bonds is 3. The lowest BCUT2D eigenvalue weighted by molar-refractivity contribution is 0.472. The van der Waals surface area contributed by atoms with Crippen molar-refractivity contribution in [1.29, 1.82) is 0 Å². The van der Waals surface area contributed by atoms with Crippen LogP contribution in [0.2, 0.25) is 0 Å². The van der Waals surface area contributed by atoms with Crippen LogP contribution in [0.4, 0.5) is 10.1 Å². The summed E-state index contributed by atoms with van der Waals surface area (Å²) in [5.74, 6) is 2.14. The highest BCUT2D eigenvalue weighted by Crippen LogP contribution is 2.43. The normalized spacial score (nSPS) is 29.9. The van der Waals surface area contributed by atoms with Crippen molar-refractivity contribution in [2.75, 3.05) is 11.9 Å². The maximum absolute atomic E-state index is 13.2. The highest BCUT2D eigenvalue weighted by molar-refractivity contribution is 5.46. The molecule has 2 aliphatic rings. The molecule has 3 rings (SSSR count). The third-order valence-electron chi connectivity index (χ3n) is 4.03. The van der Waals surface area contributed by atoms with Crippen LogP contribution in [-0.4, -0.2) is 6.54 Å². The number of benzene rings is 1. The van der Waals surface area contributed by atoms with Gasteiger partial charge in [-0.3, -0.25) is 0 Å². The summed E-state index contributed by atoms with van der Waals surface area (Å²) >= 11 is 0. The van der Waals surface area contributed by atoms with Gasteiger partial charge in [-0.15, -0.1) is 0 Å². The highest BCUT2D eigenvalue weighted by Gasteiger charge is 2.35. The first kappa shape index (κ1) is 10.8. The van der Waals surface area contributed by atoms with E-state index in [-0.39, 0.29) is 5.82 Å². The Balaban J connectivity index is 1.62. The molecule has 0 amide bonds. The van der Waals surface area contributed by atoms with Crippen molar-refractivity contribution in [1.82, 2.24) is 0 Å². The topological polar surface area (TPSA) is 12.0 Å². The Kier molecular flexibility index (Phi) is 2.65. The van der Waals surface area contributed by atoms with E-state index in [1.807, 2.05) is 13.0 Å². The number of hydrogen-bond acceptors (Lipinski definition) is 1. The summed E-state index contributed by atoms with van der Waals surface area (Å²) in [5, 5.41) is 3.38. The van der Waals surface area contributed by atoms with Gasteiger partial charge in [0, 0.05) is 12.2 Å². The lowest BCUT2D eigenvalue weighted by Gasteiger charge is -2.19. The molecule has 3 unspecified atom stereocenters. The number of aryl methyl sites for hydroxylation is 1. The van der Waals surface area contributed by atoms with Gasteiger partial charge < -0.3 is 5.32 Å². The first-order chi connectivity index (χ1) is 8.20. The second-order valence-corrected chi connectivity index (χ2v) is 5.44. The van der Waals surface area contributed by atoms with Crippen LogP contribution in [0, 0.1) is 30.5 Å². The minimum Gasteiger partial charge on any atom is -0.385 e. The molecular weight excluding hydrogens is 213 g/mol. The number of fused-ring (bicyclic) bond motifs is 2. The minimum atomic E-state index is -0.152. The number of allylic oxidation sites excluding steroid dienone is 2. The van der Waals surface area contributed by atoms with Gasteiger partial charge in [0.1, 0.15) is 5.82 Å². The Morgan fingerprint density at radius 1 is 1.24 bits per heavy atom. The molecule has 0 heterocycles. The second kappa shape index (κ2) is 4.17. The Bertz CT molecular complexity index is 432. The van der Waals surface area contributed by atoms with Crippen LogP contribution in [0.3, 0.4) is 0 Å². The fraction of sp³-hybridized carbons (Fsp3) is 0.467. The van der Waals surface area contributed by atoms with Gasteiger partial charge in [-0.1, -0.05) is 12.2 Å². The van der Waals surface area contributed by atoms with Crippen molar-refractivity contribution < 1.29 is 4.39 Å². The number of nitrogens with one attached hydrogen (secondary N) is 1. The van der Waals surface area contributed by atoms with Crippen LogP contribution in [-0.2, 0) is 0 Å². The first-order valence-electron chi connectivity index (χ1n) is 6.40. The van der Waals surface area contributed by atoms with Crippen molar-refractivity contribution >= 4 is 5.69 Å². The zero-order chi connectivity index (χ0) is 11.8. The smallest absolute Gasteiger partial charge is 0.125 e. The van der Waals surface area contributed by atoms with E-state index in [0.29, 0.717) is 0 Å². The Hall–Kier alpha value is -1.31. The molecule has 0 spiro atoms. The predicted octanol–water partition coefficient (Wildman–Crippen LogP) is 3.76. The van der Waals surface area contributed by atoms with Gasteiger partial charge in [-0.2, -0.15) is 0 Å². The zero-order valence-electron chi connectivity index (χ0n) is 10.1. The molecule has 0 radical (unpaired) electrons. The Morgan fingerprint density at radius 2 is 2.12 bits per heavy atom. The molecule has 2 bridgehead atoms. The molecule has 17 heavy (non-hydrogen) atoms. The van der Waals surface area contributed by atoms with Crippen LogP contribution >= 0.6 is 0 Å². The number of anilines is 1. The van der Waals surface area contributed by atoms with Gasteiger partial charge in [-0.05, 0) is 61.3 Å². The molecule has 1 saturated carbocycles. The van der Waals surface area contributed by atoms with E-state index in [1.165, 1.54) is 12.8 Å². The summed E-state index contributed by atoms with van der Waals surface area (Å²) in [6.45, 7) is 2.89. The van der Waals surface area contributed by atoms with Crippen LogP contribution < -0.4 is 5.32 Å². The summed E-state index contributed by atoms with van der Waals surface area (Å²) in [6.07, 6.45) is 7.34. The molecule has 2 heteroatoms. The standard InChI is InChI=1S/C15H18FN/c1-10-4-14(16)8-15(5-10)17-9-13-7-11-2-3-12(13)6-11/h2-5,8,11-13,17H,6-7,9H2,1H3. The molecule has 1 aromatic rings. The van der Waals surface area contributed by atoms with E-state index >= 15 is 0 Å². The predicted molar refractivity (Wildman–Crippen MR) is 68.5 cm³/mol. The summed E-state index contributed by atoms with van der Waals surface area (Å²) in [4.78, 5) is 0. The fourth-order valence-electron chi connectivity index (χ4n) is 3.22. The van der Waals surface area contributed by atoms with Crippen molar-refractivity contribution in [3.8, 4) is 0 Å². The van der Waals surface area contributed by atoms with Gasteiger partial charge >= 0.3 is 0 Å². The molecule has 0 aromatic heterocycles. The largest absolute Gasteiger partial charge is 0.385 e. The maximum Gasteiger partial charge on any atom is 0.125 e. The number of halogens is 1. The van der Waals surface area contributed by atoms with Crippen LogP contribution in [0.25, 0.3) is 0 Å². The molecule has 0 aliphatic heterocycles. The summed E-state index contributed by atoms with van der Waals surface area (Å²) in [6, 6.07) is 5.15. The molecule has 3 atom stereocenters. The molecule has 2 aliphatic carbocycles.